The van der Waals surface area contributed by atoms with Gasteiger partial charge in [-0.3, -0.25) is 10.1 Å². The zero-order valence-corrected chi connectivity index (χ0v) is 16.4. The van der Waals surface area contributed by atoms with Crippen LogP contribution in [-0.4, -0.2) is 25.9 Å². The molecule has 0 aliphatic heterocycles. The van der Waals surface area contributed by atoms with Crippen LogP contribution >= 0.6 is 11.3 Å². The Balaban J connectivity index is 1.46. The van der Waals surface area contributed by atoms with E-state index < -0.39 is 0 Å². The van der Waals surface area contributed by atoms with Crippen molar-refractivity contribution < 1.29 is 4.79 Å². The Morgan fingerprint density at radius 3 is 2.79 bits per heavy atom. The fraction of sp³-hybridized carbons (Fsp3) is 0.143. The first kappa shape index (κ1) is 18.1. The number of thiazole rings is 1. The topological polar surface area (TPSA) is 72.7 Å². The molecule has 28 heavy (non-hydrogen) atoms. The first-order valence-corrected chi connectivity index (χ1v) is 9.75. The zero-order chi connectivity index (χ0) is 19.5. The molecule has 0 fully saturated rings. The maximum absolute atomic E-state index is 12.5. The van der Waals surface area contributed by atoms with Crippen molar-refractivity contribution in [1.29, 1.82) is 0 Å². The fourth-order valence-corrected chi connectivity index (χ4v) is 3.58. The van der Waals surface area contributed by atoms with Crippen LogP contribution in [0.2, 0.25) is 0 Å². The van der Waals surface area contributed by atoms with E-state index in [9.17, 15) is 4.79 Å². The molecule has 0 radical (unpaired) electrons. The Kier molecular flexibility index (Phi) is 4.99. The molecule has 2 heterocycles. The van der Waals surface area contributed by atoms with Crippen molar-refractivity contribution in [1.82, 2.24) is 20.0 Å². The third kappa shape index (κ3) is 3.99. The minimum atomic E-state index is -0.318. The van der Waals surface area contributed by atoms with Crippen molar-refractivity contribution in [2.24, 2.45) is 0 Å². The molecule has 0 atom stereocenters. The van der Waals surface area contributed by atoms with Gasteiger partial charge in [-0.05, 0) is 31.0 Å². The van der Waals surface area contributed by atoms with Crippen LogP contribution in [0.15, 0.2) is 60.1 Å². The van der Waals surface area contributed by atoms with Crippen LogP contribution in [0.3, 0.4) is 0 Å². The fourth-order valence-electron chi connectivity index (χ4n) is 2.88. The summed E-state index contributed by atoms with van der Waals surface area (Å²) in [5, 5.41) is 13.3. The molecule has 4 rings (SSSR count). The molecule has 0 unspecified atom stereocenters. The van der Waals surface area contributed by atoms with E-state index in [-0.39, 0.29) is 11.6 Å². The number of hydrogen-bond donors (Lipinski definition) is 1. The van der Waals surface area contributed by atoms with Crippen molar-refractivity contribution in [2.45, 2.75) is 20.4 Å². The van der Waals surface area contributed by atoms with Gasteiger partial charge >= 0.3 is 0 Å². The van der Waals surface area contributed by atoms with E-state index >= 15 is 0 Å². The predicted octanol–water partition coefficient (Wildman–Crippen LogP) is 4.32. The van der Waals surface area contributed by atoms with Crippen molar-refractivity contribution in [3.63, 3.8) is 0 Å². The third-order valence-corrected chi connectivity index (χ3v) is 5.11. The molecule has 0 saturated heterocycles. The van der Waals surface area contributed by atoms with Gasteiger partial charge in [0.25, 0.3) is 5.91 Å². The largest absolute Gasteiger partial charge is 0.296 e. The molecule has 0 saturated carbocycles. The molecule has 7 heteroatoms. The normalized spacial score (nSPS) is 10.8. The van der Waals surface area contributed by atoms with E-state index in [4.69, 9.17) is 0 Å². The predicted molar refractivity (Wildman–Crippen MR) is 111 cm³/mol. The molecule has 4 aromatic rings. The van der Waals surface area contributed by atoms with Crippen molar-refractivity contribution in [3.8, 4) is 11.3 Å². The zero-order valence-electron chi connectivity index (χ0n) is 15.6. The summed E-state index contributed by atoms with van der Waals surface area (Å²) in [6, 6.07) is 16.2. The van der Waals surface area contributed by atoms with Crippen LogP contribution in [0.1, 0.15) is 27.2 Å². The second-order valence-electron chi connectivity index (χ2n) is 6.60. The summed E-state index contributed by atoms with van der Waals surface area (Å²) < 4.78 is 1.65. The van der Waals surface area contributed by atoms with Crippen LogP contribution in [0.4, 0.5) is 5.13 Å². The lowest BCUT2D eigenvalue weighted by Gasteiger charge is -2.03. The van der Waals surface area contributed by atoms with E-state index in [1.165, 1.54) is 16.9 Å². The summed E-state index contributed by atoms with van der Waals surface area (Å²) in [5.41, 5.74) is 5.61. The number of nitrogens with one attached hydrogen (secondary N) is 1. The highest BCUT2D eigenvalue weighted by Gasteiger charge is 2.14. The summed E-state index contributed by atoms with van der Waals surface area (Å²) >= 11 is 1.39. The lowest BCUT2D eigenvalue weighted by Crippen LogP contribution is -2.12. The Hall–Kier alpha value is -3.32. The van der Waals surface area contributed by atoms with Crippen LogP contribution < -0.4 is 5.32 Å². The highest BCUT2D eigenvalue weighted by molar-refractivity contribution is 7.14. The number of anilines is 1. The molecular formula is C21H19N5OS. The number of amides is 1. The molecule has 2 aromatic heterocycles. The van der Waals surface area contributed by atoms with Crippen molar-refractivity contribution in [2.75, 3.05) is 5.32 Å². The van der Waals surface area contributed by atoms with Crippen molar-refractivity contribution >= 4 is 22.4 Å². The maximum atomic E-state index is 12.5. The van der Waals surface area contributed by atoms with Crippen LogP contribution in [0.25, 0.3) is 11.3 Å². The Morgan fingerprint density at radius 1 is 1.14 bits per heavy atom. The molecule has 140 valence electrons. The van der Waals surface area contributed by atoms with Gasteiger partial charge in [-0.1, -0.05) is 53.2 Å². The number of rotatable bonds is 5. The van der Waals surface area contributed by atoms with E-state index in [2.05, 4.69) is 52.7 Å². The number of aryl methyl sites for hydroxylation is 2. The molecule has 2 aromatic carbocycles. The second kappa shape index (κ2) is 7.74. The highest BCUT2D eigenvalue weighted by Crippen LogP contribution is 2.28. The van der Waals surface area contributed by atoms with Gasteiger partial charge in [0.15, 0.2) is 10.8 Å². The van der Waals surface area contributed by atoms with Crippen LogP contribution in [0.5, 0.6) is 0 Å². The van der Waals surface area contributed by atoms with E-state index in [1.54, 1.807) is 10.9 Å². The standard InChI is InChI=1S/C21H19N5OS/c1-14-8-9-15(2)17(10-14)19-13-28-21(22-19)23-20(27)18-12-26(25-24-18)11-16-6-4-3-5-7-16/h3-10,12-13H,11H2,1-2H3,(H,22,23,27). The average Bonchev–Trinajstić information content (AvgIpc) is 3.34. The van der Waals surface area contributed by atoms with Gasteiger partial charge in [-0.15, -0.1) is 16.4 Å². The van der Waals surface area contributed by atoms with E-state index in [0.29, 0.717) is 11.7 Å². The molecular weight excluding hydrogens is 370 g/mol. The third-order valence-electron chi connectivity index (χ3n) is 4.35. The number of aromatic nitrogens is 4. The lowest BCUT2D eigenvalue weighted by molar-refractivity contribution is 0.102. The summed E-state index contributed by atoms with van der Waals surface area (Å²) in [7, 11) is 0. The Morgan fingerprint density at radius 2 is 1.96 bits per heavy atom. The van der Waals surface area contributed by atoms with E-state index in [0.717, 1.165) is 22.4 Å². The van der Waals surface area contributed by atoms with Crippen LogP contribution in [0, 0.1) is 13.8 Å². The van der Waals surface area contributed by atoms with Gasteiger partial charge in [0.05, 0.1) is 18.4 Å². The summed E-state index contributed by atoms with van der Waals surface area (Å²) in [4.78, 5) is 17.0. The number of hydrogen-bond acceptors (Lipinski definition) is 5. The molecule has 6 nitrogen and oxygen atoms in total. The highest BCUT2D eigenvalue weighted by atomic mass is 32.1. The molecule has 0 spiro atoms. The number of benzene rings is 2. The first-order valence-electron chi connectivity index (χ1n) is 8.87. The van der Waals surface area contributed by atoms with E-state index in [1.807, 2.05) is 35.7 Å². The van der Waals surface area contributed by atoms with Gasteiger partial charge in [0.1, 0.15) is 0 Å². The van der Waals surface area contributed by atoms with Gasteiger partial charge in [0.2, 0.25) is 0 Å². The Bertz CT molecular complexity index is 1120. The molecule has 1 amide bonds. The van der Waals surface area contributed by atoms with Gasteiger partial charge in [-0.25, -0.2) is 9.67 Å². The first-order chi connectivity index (χ1) is 13.6. The summed E-state index contributed by atoms with van der Waals surface area (Å²) in [6.45, 7) is 4.67. The molecule has 0 aliphatic rings. The van der Waals surface area contributed by atoms with Gasteiger partial charge in [-0.2, -0.15) is 0 Å². The Labute approximate surface area is 166 Å². The number of carbonyl (C=O) groups is 1. The van der Waals surface area contributed by atoms with Crippen molar-refractivity contribution in [3.05, 3.63) is 82.5 Å². The minimum absolute atomic E-state index is 0.263. The quantitative estimate of drug-likeness (QED) is 0.552. The SMILES string of the molecule is Cc1ccc(C)c(-c2csc(NC(=O)c3cn(Cc4ccccc4)nn3)n2)c1. The number of carbonyl (C=O) groups excluding carboxylic acids is 1. The number of nitrogens with zero attached hydrogens (tertiary/aromatic N) is 4. The van der Waals surface area contributed by atoms with Gasteiger partial charge < -0.3 is 0 Å². The monoisotopic (exact) mass is 389 g/mol. The second-order valence-corrected chi connectivity index (χ2v) is 7.46. The molecule has 1 N–H and O–H groups in total. The lowest BCUT2D eigenvalue weighted by atomic mass is 10.0. The van der Waals surface area contributed by atoms with Gasteiger partial charge in [0, 0.05) is 10.9 Å². The smallest absolute Gasteiger partial charge is 0.279 e. The molecule has 0 bridgehead atoms. The summed E-state index contributed by atoms with van der Waals surface area (Å²) in [5.74, 6) is -0.318. The average molecular weight is 389 g/mol. The summed E-state index contributed by atoms with van der Waals surface area (Å²) in [6.07, 6.45) is 1.64. The maximum Gasteiger partial charge on any atom is 0.279 e. The minimum Gasteiger partial charge on any atom is -0.296 e. The molecule has 0 aliphatic carbocycles. The van der Waals surface area contributed by atoms with Crippen LogP contribution in [-0.2, 0) is 6.54 Å².